The lowest BCUT2D eigenvalue weighted by Crippen LogP contribution is -2.39. The Morgan fingerprint density at radius 3 is 2.77 bits per heavy atom. The zero-order chi connectivity index (χ0) is 15.4. The van der Waals surface area contributed by atoms with Gasteiger partial charge in [0.15, 0.2) is 0 Å². The molecule has 0 radical (unpaired) electrons. The number of benzene rings is 1. The Morgan fingerprint density at radius 2 is 2.00 bits per heavy atom. The Kier molecular flexibility index (Phi) is 4.94. The Labute approximate surface area is 133 Å². The van der Waals surface area contributed by atoms with E-state index in [9.17, 15) is 0 Å². The third-order valence-corrected chi connectivity index (χ3v) is 4.62. The Bertz CT molecular complexity index is 600. The SMILES string of the molecule is CC(C)CCN1CCC(Nc2ccc3cnccc3c2)CC1. The van der Waals surface area contributed by atoms with Gasteiger partial charge in [0, 0.05) is 42.6 Å². The minimum Gasteiger partial charge on any atom is -0.382 e. The fourth-order valence-electron chi connectivity index (χ4n) is 3.15. The van der Waals surface area contributed by atoms with Crippen LogP contribution in [0.3, 0.4) is 0 Å². The quantitative estimate of drug-likeness (QED) is 0.898. The van der Waals surface area contributed by atoms with Gasteiger partial charge >= 0.3 is 0 Å². The molecule has 3 heteroatoms. The van der Waals surface area contributed by atoms with Crippen molar-refractivity contribution >= 4 is 16.5 Å². The highest BCUT2D eigenvalue weighted by Gasteiger charge is 2.18. The van der Waals surface area contributed by atoms with Gasteiger partial charge < -0.3 is 10.2 Å². The second-order valence-electron chi connectivity index (χ2n) is 6.88. The maximum atomic E-state index is 4.17. The van der Waals surface area contributed by atoms with Crippen LogP contribution < -0.4 is 5.32 Å². The Morgan fingerprint density at radius 1 is 1.18 bits per heavy atom. The van der Waals surface area contributed by atoms with Crippen molar-refractivity contribution in [3.05, 3.63) is 36.7 Å². The molecule has 1 aromatic carbocycles. The molecular formula is C19H27N3. The molecule has 2 heterocycles. The molecule has 0 unspecified atom stereocenters. The average molecular weight is 297 g/mol. The van der Waals surface area contributed by atoms with Crippen LogP contribution in [0.15, 0.2) is 36.7 Å². The van der Waals surface area contributed by atoms with Crippen molar-refractivity contribution in [2.75, 3.05) is 25.0 Å². The van der Waals surface area contributed by atoms with E-state index in [1.807, 2.05) is 12.4 Å². The molecule has 2 aromatic rings. The van der Waals surface area contributed by atoms with Crippen LogP contribution in [-0.2, 0) is 0 Å². The Balaban J connectivity index is 1.53. The van der Waals surface area contributed by atoms with Crippen molar-refractivity contribution in [3.8, 4) is 0 Å². The summed E-state index contributed by atoms with van der Waals surface area (Å²) in [6, 6.07) is 9.25. The predicted molar refractivity (Wildman–Crippen MR) is 94.3 cm³/mol. The third kappa shape index (κ3) is 3.98. The minimum atomic E-state index is 0.606. The van der Waals surface area contributed by atoms with E-state index in [0.717, 1.165) is 5.92 Å². The van der Waals surface area contributed by atoms with Crippen molar-refractivity contribution in [2.45, 2.75) is 39.2 Å². The second-order valence-corrected chi connectivity index (χ2v) is 6.88. The molecule has 1 aromatic heterocycles. The van der Waals surface area contributed by atoms with E-state index in [2.05, 4.69) is 53.3 Å². The lowest BCUT2D eigenvalue weighted by molar-refractivity contribution is 0.208. The van der Waals surface area contributed by atoms with Crippen molar-refractivity contribution in [1.82, 2.24) is 9.88 Å². The Hall–Kier alpha value is -1.61. The van der Waals surface area contributed by atoms with Gasteiger partial charge in [-0.1, -0.05) is 19.9 Å². The highest BCUT2D eigenvalue weighted by atomic mass is 15.1. The molecule has 0 bridgehead atoms. The summed E-state index contributed by atoms with van der Waals surface area (Å²) in [5.74, 6) is 0.808. The standard InChI is InChI=1S/C19H27N3/c1-15(2)6-10-22-11-7-18(8-12-22)21-19-4-3-17-14-20-9-5-16(17)13-19/h3-5,9,13-15,18,21H,6-8,10-12H2,1-2H3. The molecule has 0 atom stereocenters. The van der Waals surface area contributed by atoms with Crippen LogP contribution in [0, 0.1) is 5.92 Å². The van der Waals surface area contributed by atoms with Gasteiger partial charge in [0.25, 0.3) is 0 Å². The molecule has 1 aliphatic rings. The molecule has 0 spiro atoms. The summed E-state index contributed by atoms with van der Waals surface area (Å²) >= 11 is 0. The molecule has 1 N–H and O–H groups in total. The van der Waals surface area contributed by atoms with Gasteiger partial charge in [-0.15, -0.1) is 0 Å². The first-order valence-electron chi connectivity index (χ1n) is 8.53. The molecule has 0 saturated carbocycles. The first kappa shape index (κ1) is 15.3. The number of likely N-dealkylation sites (tertiary alicyclic amines) is 1. The summed E-state index contributed by atoms with van der Waals surface area (Å²) in [5, 5.41) is 6.18. The largest absolute Gasteiger partial charge is 0.382 e. The van der Waals surface area contributed by atoms with Crippen molar-refractivity contribution in [2.24, 2.45) is 5.92 Å². The highest BCUT2D eigenvalue weighted by Crippen LogP contribution is 2.21. The average Bonchev–Trinajstić information content (AvgIpc) is 2.54. The summed E-state index contributed by atoms with van der Waals surface area (Å²) in [7, 11) is 0. The van der Waals surface area contributed by atoms with Crippen LogP contribution in [-0.4, -0.2) is 35.6 Å². The number of aromatic nitrogens is 1. The minimum absolute atomic E-state index is 0.606. The molecular weight excluding hydrogens is 270 g/mol. The van der Waals surface area contributed by atoms with Gasteiger partial charge in [-0.25, -0.2) is 0 Å². The summed E-state index contributed by atoms with van der Waals surface area (Å²) in [6.45, 7) is 8.32. The molecule has 3 rings (SSSR count). The first-order valence-corrected chi connectivity index (χ1v) is 8.53. The zero-order valence-corrected chi connectivity index (χ0v) is 13.8. The van der Waals surface area contributed by atoms with E-state index in [-0.39, 0.29) is 0 Å². The monoisotopic (exact) mass is 297 g/mol. The zero-order valence-electron chi connectivity index (χ0n) is 13.8. The van der Waals surface area contributed by atoms with Crippen molar-refractivity contribution in [1.29, 1.82) is 0 Å². The molecule has 0 amide bonds. The highest BCUT2D eigenvalue weighted by molar-refractivity contribution is 5.84. The van der Waals surface area contributed by atoms with Crippen LogP contribution in [0.25, 0.3) is 10.8 Å². The third-order valence-electron chi connectivity index (χ3n) is 4.62. The van der Waals surface area contributed by atoms with Crippen LogP contribution in [0.1, 0.15) is 33.1 Å². The normalized spacial score (nSPS) is 17.2. The van der Waals surface area contributed by atoms with E-state index in [4.69, 9.17) is 0 Å². The fraction of sp³-hybridized carbons (Fsp3) is 0.526. The topological polar surface area (TPSA) is 28.2 Å². The van der Waals surface area contributed by atoms with Crippen LogP contribution >= 0.6 is 0 Å². The molecule has 1 fully saturated rings. The van der Waals surface area contributed by atoms with E-state index in [1.54, 1.807) is 0 Å². The number of anilines is 1. The van der Waals surface area contributed by atoms with Gasteiger partial charge in [0.05, 0.1) is 0 Å². The molecule has 0 aliphatic carbocycles. The number of hydrogen-bond donors (Lipinski definition) is 1. The molecule has 1 saturated heterocycles. The van der Waals surface area contributed by atoms with Crippen LogP contribution in [0.5, 0.6) is 0 Å². The van der Waals surface area contributed by atoms with E-state index in [0.29, 0.717) is 6.04 Å². The number of pyridine rings is 1. The van der Waals surface area contributed by atoms with Crippen molar-refractivity contribution in [3.63, 3.8) is 0 Å². The number of hydrogen-bond acceptors (Lipinski definition) is 3. The molecule has 3 nitrogen and oxygen atoms in total. The lowest BCUT2D eigenvalue weighted by atomic mass is 10.0. The van der Waals surface area contributed by atoms with Gasteiger partial charge in [-0.05, 0) is 55.3 Å². The summed E-state index contributed by atoms with van der Waals surface area (Å²) in [4.78, 5) is 6.79. The number of rotatable bonds is 5. The number of fused-ring (bicyclic) bond motifs is 1. The summed E-state index contributed by atoms with van der Waals surface area (Å²) in [6.07, 6.45) is 7.58. The van der Waals surface area contributed by atoms with Crippen LogP contribution in [0.4, 0.5) is 5.69 Å². The molecule has 22 heavy (non-hydrogen) atoms. The van der Waals surface area contributed by atoms with Gasteiger partial charge in [-0.3, -0.25) is 4.98 Å². The number of piperidine rings is 1. The second kappa shape index (κ2) is 7.10. The van der Waals surface area contributed by atoms with E-state index >= 15 is 0 Å². The van der Waals surface area contributed by atoms with Crippen LogP contribution in [0.2, 0.25) is 0 Å². The van der Waals surface area contributed by atoms with Gasteiger partial charge in [0.2, 0.25) is 0 Å². The lowest BCUT2D eigenvalue weighted by Gasteiger charge is -2.33. The predicted octanol–water partition coefficient (Wildman–Crippen LogP) is 4.16. The molecule has 1 aliphatic heterocycles. The van der Waals surface area contributed by atoms with Gasteiger partial charge in [0.1, 0.15) is 0 Å². The fourth-order valence-corrected chi connectivity index (χ4v) is 3.15. The maximum absolute atomic E-state index is 4.17. The first-order chi connectivity index (χ1) is 10.7. The number of nitrogens with one attached hydrogen (secondary N) is 1. The van der Waals surface area contributed by atoms with E-state index < -0.39 is 0 Å². The summed E-state index contributed by atoms with van der Waals surface area (Å²) < 4.78 is 0. The smallest absolute Gasteiger partial charge is 0.0348 e. The molecule has 118 valence electrons. The summed E-state index contributed by atoms with van der Waals surface area (Å²) in [5.41, 5.74) is 1.24. The maximum Gasteiger partial charge on any atom is 0.0348 e. The van der Waals surface area contributed by atoms with E-state index in [1.165, 1.54) is 55.4 Å². The number of nitrogens with zero attached hydrogens (tertiary/aromatic N) is 2. The van der Waals surface area contributed by atoms with Crippen molar-refractivity contribution < 1.29 is 0 Å². The van der Waals surface area contributed by atoms with Gasteiger partial charge in [-0.2, -0.15) is 0 Å².